The first-order chi connectivity index (χ1) is 15.6. The van der Waals surface area contributed by atoms with Crippen molar-refractivity contribution in [2.45, 2.75) is 26.7 Å². The van der Waals surface area contributed by atoms with Crippen molar-refractivity contribution in [3.63, 3.8) is 0 Å². The fourth-order valence-electron chi connectivity index (χ4n) is 4.14. The lowest BCUT2D eigenvalue weighted by molar-refractivity contribution is -0.149. The van der Waals surface area contributed by atoms with Crippen LogP contribution in [0.4, 0.5) is 0 Å². The number of nitrogens with zero attached hydrogens (tertiary/aromatic N) is 2. The number of hydrogen-bond acceptors (Lipinski definition) is 5. The number of benzene rings is 2. The molecular weight excluding hydrogens is 404 g/mol. The molecule has 1 aromatic heterocycles. The zero-order valence-electron chi connectivity index (χ0n) is 18.5. The molecule has 0 atom stereocenters. The summed E-state index contributed by atoms with van der Waals surface area (Å²) in [4.78, 5) is 32.2. The van der Waals surface area contributed by atoms with Crippen molar-refractivity contribution < 1.29 is 19.1 Å². The molecule has 0 aliphatic carbocycles. The molecule has 1 fully saturated rings. The minimum absolute atomic E-state index is 0.0295. The molecule has 0 N–H and O–H groups in total. The fraction of sp³-hybridized carbons (Fsp3) is 0.346. The van der Waals surface area contributed by atoms with Crippen LogP contribution in [0.5, 0.6) is 5.75 Å². The van der Waals surface area contributed by atoms with Gasteiger partial charge in [-0.2, -0.15) is 0 Å². The molecule has 32 heavy (non-hydrogen) atoms. The molecule has 0 spiro atoms. The van der Waals surface area contributed by atoms with Crippen LogP contribution < -0.4 is 4.74 Å². The van der Waals surface area contributed by atoms with Crippen LogP contribution in [0.15, 0.2) is 54.6 Å². The number of carbonyl (C=O) groups excluding carboxylic acids is 2. The number of piperidine rings is 1. The first-order valence-corrected chi connectivity index (χ1v) is 11.2. The third-order valence-corrected chi connectivity index (χ3v) is 5.81. The lowest BCUT2D eigenvalue weighted by atomic mass is 9.95. The van der Waals surface area contributed by atoms with E-state index in [4.69, 9.17) is 14.5 Å². The number of para-hydroxylation sites is 1. The van der Waals surface area contributed by atoms with Gasteiger partial charge in [0, 0.05) is 24.0 Å². The Morgan fingerprint density at radius 1 is 1.00 bits per heavy atom. The Morgan fingerprint density at radius 2 is 1.72 bits per heavy atom. The molecule has 1 aliphatic heterocycles. The van der Waals surface area contributed by atoms with Crippen LogP contribution in [0.3, 0.4) is 0 Å². The summed E-state index contributed by atoms with van der Waals surface area (Å²) in [6, 6.07) is 17.3. The Labute approximate surface area is 188 Å². The first-order valence-electron chi connectivity index (χ1n) is 11.2. The van der Waals surface area contributed by atoms with Crippen molar-refractivity contribution in [3.8, 4) is 17.0 Å². The lowest BCUT2D eigenvalue weighted by Crippen LogP contribution is -2.40. The number of esters is 1. The Morgan fingerprint density at radius 3 is 2.41 bits per heavy atom. The topological polar surface area (TPSA) is 68.7 Å². The molecule has 6 heteroatoms. The van der Waals surface area contributed by atoms with Gasteiger partial charge < -0.3 is 14.4 Å². The summed E-state index contributed by atoms with van der Waals surface area (Å²) in [6.07, 6.45) is 1.25. The molecule has 0 bridgehead atoms. The zero-order valence-corrected chi connectivity index (χ0v) is 18.5. The highest BCUT2D eigenvalue weighted by Crippen LogP contribution is 2.28. The average Bonchev–Trinajstić information content (AvgIpc) is 2.84. The van der Waals surface area contributed by atoms with Gasteiger partial charge in [-0.05, 0) is 63.1 Å². The molecule has 1 saturated heterocycles. The van der Waals surface area contributed by atoms with Crippen LogP contribution in [0, 0.1) is 5.92 Å². The van der Waals surface area contributed by atoms with Crippen LogP contribution in [0.1, 0.15) is 37.0 Å². The summed E-state index contributed by atoms with van der Waals surface area (Å²) >= 11 is 0. The number of hydrogen-bond donors (Lipinski definition) is 0. The Bertz CT molecular complexity index is 1100. The van der Waals surface area contributed by atoms with Gasteiger partial charge >= 0.3 is 5.97 Å². The highest BCUT2D eigenvalue weighted by molar-refractivity contribution is 6.07. The smallest absolute Gasteiger partial charge is 0.309 e. The summed E-state index contributed by atoms with van der Waals surface area (Å²) in [7, 11) is 0. The van der Waals surface area contributed by atoms with Crippen LogP contribution >= 0.6 is 0 Å². The van der Waals surface area contributed by atoms with E-state index in [-0.39, 0.29) is 17.8 Å². The van der Waals surface area contributed by atoms with E-state index in [0.29, 0.717) is 44.7 Å². The molecule has 166 valence electrons. The largest absolute Gasteiger partial charge is 0.494 e. The Balaban J connectivity index is 1.62. The molecule has 6 nitrogen and oxygen atoms in total. The number of ether oxygens (including phenoxy) is 2. The molecule has 0 saturated carbocycles. The van der Waals surface area contributed by atoms with E-state index in [1.165, 1.54) is 0 Å². The normalized spacial score (nSPS) is 14.4. The van der Waals surface area contributed by atoms with E-state index in [9.17, 15) is 9.59 Å². The number of likely N-dealkylation sites (tertiary alicyclic amines) is 1. The molecule has 4 rings (SSSR count). The first kappa shape index (κ1) is 21.8. The van der Waals surface area contributed by atoms with Gasteiger partial charge in [-0.1, -0.05) is 18.2 Å². The average molecular weight is 433 g/mol. The standard InChI is InChI=1S/C26H28N2O4/c1-3-31-20-11-9-18(10-12-20)24-17-22(21-7-5-6-8-23(21)27-24)25(29)28-15-13-19(14-16-28)26(30)32-4-2/h5-12,17,19H,3-4,13-16H2,1-2H3. The molecule has 1 aliphatic rings. The molecule has 0 unspecified atom stereocenters. The summed E-state index contributed by atoms with van der Waals surface area (Å²) in [5.74, 6) is 0.482. The van der Waals surface area contributed by atoms with E-state index in [1.807, 2.05) is 73.3 Å². The van der Waals surface area contributed by atoms with Gasteiger partial charge in [-0.15, -0.1) is 0 Å². The van der Waals surface area contributed by atoms with Gasteiger partial charge in [0.1, 0.15) is 5.75 Å². The third-order valence-electron chi connectivity index (χ3n) is 5.81. The van der Waals surface area contributed by atoms with Gasteiger partial charge in [0.2, 0.25) is 0 Å². The van der Waals surface area contributed by atoms with Crippen molar-refractivity contribution in [3.05, 3.63) is 60.2 Å². The van der Waals surface area contributed by atoms with Gasteiger partial charge in [0.05, 0.1) is 35.9 Å². The number of fused-ring (bicyclic) bond motifs is 1. The molecule has 0 radical (unpaired) electrons. The summed E-state index contributed by atoms with van der Waals surface area (Å²) < 4.78 is 10.7. The van der Waals surface area contributed by atoms with Gasteiger partial charge in [-0.25, -0.2) is 4.98 Å². The zero-order chi connectivity index (χ0) is 22.5. The maximum absolute atomic E-state index is 13.5. The minimum atomic E-state index is -0.160. The van der Waals surface area contributed by atoms with Gasteiger partial charge in [-0.3, -0.25) is 9.59 Å². The second kappa shape index (κ2) is 9.81. The maximum atomic E-state index is 13.5. The number of rotatable bonds is 6. The highest BCUT2D eigenvalue weighted by Gasteiger charge is 2.29. The van der Waals surface area contributed by atoms with Crippen molar-refractivity contribution in [1.29, 1.82) is 0 Å². The molecule has 2 heterocycles. The molecule has 3 aromatic rings. The second-order valence-corrected chi connectivity index (χ2v) is 7.85. The number of amides is 1. The van der Waals surface area contributed by atoms with Gasteiger partial charge in [0.25, 0.3) is 5.91 Å². The summed E-state index contributed by atoms with van der Waals surface area (Å²) in [5.41, 5.74) is 3.09. The van der Waals surface area contributed by atoms with Crippen LogP contribution in [-0.4, -0.2) is 48.1 Å². The van der Waals surface area contributed by atoms with E-state index in [1.54, 1.807) is 0 Å². The van der Waals surface area contributed by atoms with Crippen LogP contribution in [-0.2, 0) is 9.53 Å². The van der Waals surface area contributed by atoms with E-state index in [0.717, 1.165) is 27.9 Å². The third kappa shape index (κ3) is 4.59. The maximum Gasteiger partial charge on any atom is 0.309 e. The highest BCUT2D eigenvalue weighted by atomic mass is 16.5. The van der Waals surface area contributed by atoms with E-state index in [2.05, 4.69) is 0 Å². The minimum Gasteiger partial charge on any atom is -0.494 e. The van der Waals surface area contributed by atoms with Crippen LogP contribution in [0.2, 0.25) is 0 Å². The molecule has 1 amide bonds. The van der Waals surface area contributed by atoms with Crippen molar-refractivity contribution in [2.75, 3.05) is 26.3 Å². The number of carbonyl (C=O) groups is 2. The van der Waals surface area contributed by atoms with E-state index < -0.39 is 0 Å². The molecular formula is C26H28N2O4. The summed E-state index contributed by atoms with van der Waals surface area (Å²) in [5, 5.41) is 0.833. The number of aromatic nitrogens is 1. The summed E-state index contributed by atoms with van der Waals surface area (Å²) in [6.45, 7) is 5.84. The monoisotopic (exact) mass is 432 g/mol. The van der Waals surface area contributed by atoms with E-state index >= 15 is 0 Å². The molecule has 2 aromatic carbocycles. The second-order valence-electron chi connectivity index (χ2n) is 7.85. The van der Waals surface area contributed by atoms with Gasteiger partial charge in [0.15, 0.2) is 0 Å². The predicted octanol–water partition coefficient (Wildman–Crippen LogP) is 4.72. The Hall–Kier alpha value is -3.41. The quantitative estimate of drug-likeness (QED) is 0.528. The van der Waals surface area contributed by atoms with Crippen molar-refractivity contribution in [2.24, 2.45) is 5.92 Å². The number of pyridine rings is 1. The van der Waals surface area contributed by atoms with Crippen molar-refractivity contribution in [1.82, 2.24) is 9.88 Å². The van der Waals surface area contributed by atoms with Crippen molar-refractivity contribution >= 4 is 22.8 Å². The Kier molecular flexibility index (Phi) is 6.69. The predicted molar refractivity (Wildman–Crippen MR) is 124 cm³/mol. The fourth-order valence-corrected chi connectivity index (χ4v) is 4.14. The van der Waals surface area contributed by atoms with Crippen LogP contribution in [0.25, 0.3) is 22.2 Å². The lowest BCUT2D eigenvalue weighted by Gasteiger charge is -2.31. The SMILES string of the molecule is CCOC(=O)C1CCN(C(=O)c2cc(-c3ccc(OCC)cc3)nc3ccccc23)CC1.